The second kappa shape index (κ2) is 5.18. The minimum atomic E-state index is -0.0554. The van der Waals surface area contributed by atoms with Crippen molar-refractivity contribution in [3.05, 3.63) is 18.2 Å². The van der Waals surface area contributed by atoms with E-state index in [0.717, 1.165) is 12.1 Å². The number of hydrogen-bond acceptors (Lipinski definition) is 3. The van der Waals surface area contributed by atoms with E-state index in [-0.39, 0.29) is 12.5 Å². The van der Waals surface area contributed by atoms with Gasteiger partial charge in [0.05, 0.1) is 35.7 Å². The van der Waals surface area contributed by atoms with Crippen LogP contribution in [0.5, 0.6) is 0 Å². The molecule has 0 bridgehead atoms. The largest absolute Gasteiger partial charge is 0.348 e. The smallest absolute Gasteiger partial charge is 0.244 e. The van der Waals surface area contributed by atoms with E-state index in [0.29, 0.717) is 6.54 Å². The number of imidazole rings is 1. The number of aromatic amines is 1. The molecule has 0 fully saturated rings. The number of H-pyrrole nitrogens is 1. The Labute approximate surface area is 90.2 Å². The maximum Gasteiger partial charge on any atom is 0.244 e. The highest BCUT2D eigenvalue weighted by atomic mass is 127. The minimum Gasteiger partial charge on any atom is -0.348 e. The fraction of sp³-hybridized carbons (Fsp3) is 0.429. The second-order valence-corrected chi connectivity index (χ2v) is 3.68. The molecule has 13 heavy (non-hydrogen) atoms. The molecule has 1 amide bonds. The normalized spacial score (nSPS) is 10.0. The molecule has 1 aromatic rings. The molecule has 3 N–H and O–H groups in total. The van der Waals surface area contributed by atoms with Crippen molar-refractivity contribution in [1.29, 1.82) is 0 Å². The molecule has 5 nitrogen and oxygen atoms in total. The van der Waals surface area contributed by atoms with Gasteiger partial charge in [-0.15, -0.1) is 0 Å². The Kier molecular flexibility index (Phi) is 4.16. The Morgan fingerprint density at radius 3 is 3.08 bits per heavy atom. The van der Waals surface area contributed by atoms with E-state index < -0.39 is 0 Å². The molecule has 0 unspecified atom stereocenters. The Morgan fingerprint density at radius 1 is 1.77 bits per heavy atom. The van der Waals surface area contributed by atoms with Gasteiger partial charge in [-0.25, -0.2) is 4.98 Å². The monoisotopic (exact) mass is 294 g/mol. The number of nitrogens with one attached hydrogen (secondary N) is 1. The lowest BCUT2D eigenvalue weighted by Gasteiger charge is -2.12. The average Bonchev–Trinajstić information content (AvgIpc) is 2.65. The Bertz CT molecular complexity index is 261. The van der Waals surface area contributed by atoms with Crippen molar-refractivity contribution in [2.75, 3.05) is 13.1 Å². The molecule has 1 aromatic heterocycles. The molecular weight excluding hydrogens is 283 g/mol. The SMILES string of the molecule is NCC(=O)N(I)CCc1cnc[nH]1. The van der Waals surface area contributed by atoms with E-state index in [1.54, 1.807) is 15.6 Å². The van der Waals surface area contributed by atoms with Crippen molar-refractivity contribution >= 4 is 28.8 Å². The van der Waals surface area contributed by atoms with Crippen LogP contribution < -0.4 is 5.73 Å². The third kappa shape index (κ3) is 3.31. The lowest BCUT2D eigenvalue weighted by molar-refractivity contribution is -0.123. The third-order valence-electron chi connectivity index (χ3n) is 1.58. The summed E-state index contributed by atoms with van der Waals surface area (Å²) in [4.78, 5) is 17.9. The highest BCUT2D eigenvalue weighted by Gasteiger charge is 2.07. The molecule has 0 saturated heterocycles. The maximum absolute atomic E-state index is 11.0. The molecule has 1 rings (SSSR count). The molecule has 0 aliphatic rings. The van der Waals surface area contributed by atoms with Gasteiger partial charge in [0.25, 0.3) is 0 Å². The van der Waals surface area contributed by atoms with Gasteiger partial charge in [0, 0.05) is 24.9 Å². The van der Waals surface area contributed by atoms with Crippen molar-refractivity contribution in [2.24, 2.45) is 5.73 Å². The lowest BCUT2D eigenvalue weighted by atomic mass is 10.3. The zero-order valence-corrected chi connectivity index (χ0v) is 9.19. The molecule has 0 saturated carbocycles. The molecule has 1 heterocycles. The summed E-state index contributed by atoms with van der Waals surface area (Å²) in [6.07, 6.45) is 4.14. The van der Waals surface area contributed by atoms with Crippen molar-refractivity contribution < 1.29 is 4.79 Å². The van der Waals surface area contributed by atoms with Gasteiger partial charge >= 0.3 is 0 Å². The molecule has 0 aliphatic carbocycles. The summed E-state index contributed by atoms with van der Waals surface area (Å²) < 4.78 is 1.58. The fourth-order valence-electron chi connectivity index (χ4n) is 0.864. The van der Waals surface area contributed by atoms with Gasteiger partial charge in [-0.1, -0.05) is 0 Å². The topological polar surface area (TPSA) is 75.0 Å². The van der Waals surface area contributed by atoms with E-state index in [2.05, 4.69) is 9.97 Å². The fourth-order valence-corrected chi connectivity index (χ4v) is 1.30. The van der Waals surface area contributed by atoms with Crippen molar-refractivity contribution in [1.82, 2.24) is 13.1 Å². The van der Waals surface area contributed by atoms with Crippen molar-refractivity contribution in [3.63, 3.8) is 0 Å². The quantitative estimate of drug-likeness (QED) is 0.610. The van der Waals surface area contributed by atoms with Crippen LogP contribution in [0.1, 0.15) is 5.69 Å². The highest BCUT2D eigenvalue weighted by Crippen LogP contribution is 2.02. The van der Waals surface area contributed by atoms with Crippen molar-refractivity contribution in [2.45, 2.75) is 6.42 Å². The maximum atomic E-state index is 11.0. The minimum absolute atomic E-state index is 0.0554. The number of halogens is 1. The van der Waals surface area contributed by atoms with Crippen LogP contribution in [0.4, 0.5) is 0 Å². The van der Waals surface area contributed by atoms with E-state index in [1.165, 1.54) is 0 Å². The summed E-state index contributed by atoms with van der Waals surface area (Å²) >= 11 is 1.96. The van der Waals surface area contributed by atoms with Crippen LogP contribution >= 0.6 is 22.9 Å². The summed E-state index contributed by atoms with van der Waals surface area (Å²) in [5, 5.41) is 0. The molecular formula is C7H11IN4O. The zero-order valence-electron chi connectivity index (χ0n) is 7.03. The first-order valence-electron chi connectivity index (χ1n) is 3.87. The Morgan fingerprint density at radius 2 is 2.54 bits per heavy atom. The molecule has 0 radical (unpaired) electrons. The van der Waals surface area contributed by atoms with Crippen LogP contribution in [-0.2, 0) is 11.2 Å². The van der Waals surface area contributed by atoms with Gasteiger partial charge in [-0.2, -0.15) is 0 Å². The number of nitrogens with two attached hydrogens (primary N) is 1. The number of hydrogen-bond donors (Lipinski definition) is 2. The van der Waals surface area contributed by atoms with E-state index in [9.17, 15) is 4.79 Å². The summed E-state index contributed by atoms with van der Waals surface area (Å²) in [6.45, 7) is 0.713. The standard InChI is InChI=1S/C7H11IN4O/c8-12(7(13)3-9)2-1-6-4-10-5-11-6/h4-5H,1-3,9H2,(H,10,11). The highest BCUT2D eigenvalue weighted by molar-refractivity contribution is 14.1. The number of aromatic nitrogens is 2. The first-order valence-corrected chi connectivity index (χ1v) is 4.84. The van der Waals surface area contributed by atoms with Gasteiger partial charge < -0.3 is 10.7 Å². The summed E-state index contributed by atoms with van der Waals surface area (Å²) in [5.41, 5.74) is 6.23. The summed E-state index contributed by atoms with van der Waals surface area (Å²) in [7, 11) is 0. The number of rotatable bonds is 4. The van der Waals surface area contributed by atoms with Gasteiger partial charge in [0.1, 0.15) is 0 Å². The molecule has 0 aromatic carbocycles. The van der Waals surface area contributed by atoms with E-state index in [4.69, 9.17) is 5.73 Å². The first-order chi connectivity index (χ1) is 6.24. The van der Waals surface area contributed by atoms with Crippen molar-refractivity contribution in [3.8, 4) is 0 Å². The first kappa shape index (κ1) is 10.5. The van der Waals surface area contributed by atoms with E-state index >= 15 is 0 Å². The third-order valence-corrected chi connectivity index (χ3v) is 2.60. The second-order valence-electron chi connectivity index (χ2n) is 2.51. The summed E-state index contributed by atoms with van der Waals surface area (Å²) in [5.74, 6) is -0.0554. The molecule has 0 spiro atoms. The van der Waals surface area contributed by atoms with Crippen LogP contribution in [0.2, 0.25) is 0 Å². The predicted octanol–water partition coefficient (Wildman–Crippen LogP) is 0.0895. The Hall–Kier alpha value is -0.630. The van der Waals surface area contributed by atoms with E-state index in [1.807, 2.05) is 22.9 Å². The summed E-state index contributed by atoms with van der Waals surface area (Å²) in [6, 6.07) is 0. The molecule has 72 valence electrons. The zero-order chi connectivity index (χ0) is 9.68. The van der Waals surface area contributed by atoms with Crippen LogP contribution in [0, 0.1) is 0 Å². The van der Waals surface area contributed by atoms with Crippen LogP contribution in [0.15, 0.2) is 12.5 Å². The number of nitrogens with zero attached hydrogens (tertiary/aromatic N) is 2. The molecule has 0 atom stereocenters. The number of amides is 1. The molecule has 0 aliphatic heterocycles. The Balaban J connectivity index is 2.30. The van der Waals surface area contributed by atoms with Gasteiger partial charge in [-0.05, 0) is 0 Å². The van der Waals surface area contributed by atoms with Gasteiger partial charge in [0.2, 0.25) is 5.91 Å². The van der Waals surface area contributed by atoms with Crippen LogP contribution in [0.25, 0.3) is 0 Å². The van der Waals surface area contributed by atoms with Gasteiger partial charge in [-0.3, -0.25) is 7.91 Å². The average molecular weight is 294 g/mol. The van der Waals surface area contributed by atoms with Crippen LogP contribution in [-0.4, -0.2) is 32.1 Å². The number of carbonyl (C=O) groups excluding carboxylic acids is 1. The number of carbonyl (C=O) groups is 1. The van der Waals surface area contributed by atoms with Crippen LogP contribution in [0.3, 0.4) is 0 Å². The van der Waals surface area contributed by atoms with Gasteiger partial charge in [0.15, 0.2) is 0 Å². The lowest BCUT2D eigenvalue weighted by Crippen LogP contribution is -2.29. The molecule has 6 heteroatoms. The predicted molar refractivity (Wildman–Crippen MR) is 57.1 cm³/mol.